The number of likely N-dealkylation sites (tertiary alicyclic amines) is 2. The molecule has 6 heteroatoms. The molecule has 3 aliphatic heterocycles. The lowest BCUT2D eigenvalue weighted by Gasteiger charge is -2.42. The molecule has 2 aliphatic carbocycles. The van der Waals surface area contributed by atoms with Gasteiger partial charge in [0.15, 0.2) is 6.61 Å². The van der Waals surface area contributed by atoms with Crippen LogP contribution in [0, 0.1) is 17.8 Å². The fourth-order valence-corrected chi connectivity index (χ4v) is 8.04. The Balaban J connectivity index is 1.09. The molecule has 0 bridgehead atoms. The maximum absolute atomic E-state index is 12.8. The van der Waals surface area contributed by atoms with Crippen LogP contribution in [0.5, 0.6) is 0 Å². The van der Waals surface area contributed by atoms with Gasteiger partial charge in [-0.15, -0.1) is 0 Å². The molecule has 5 aliphatic rings. The Bertz CT molecular complexity index is 1080. The number of para-hydroxylation sites is 1. The second kappa shape index (κ2) is 8.55. The Morgan fingerprint density at radius 2 is 1.94 bits per heavy atom. The Hall–Kier alpha value is -2.52. The number of ether oxygens (including phenoxy) is 1. The van der Waals surface area contributed by atoms with Crippen LogP contribution in [-0.2, 0) is 14.9 Å². The molecular formula is C29H37N3O3. The molecule has 1 aromatic rings. The Morgan fingerprint density at radius 1 is 1.14 bits per heavy atom. The van der Waals surface area contributed by atoms with Gasteiger partial charge in [0, 0.05) is 37.0 Å². The van der Waals surface area contributed by atoms with E-state index < -0.39 is 0 Å². The van der Waals surface area contributed by atoms with Crippen molar-refractivity contribution in [3.63, 3.8) is 0 Å². The number of hydrogen-bond donors (Lipinski definition) is 0. The van der Waals surface area contributed by atoms with E-state index in [2.05, 4.69) is 46.8 Å². The van der Waals surface area contributed by atoms with Crippen LogP contribution < -0.4 is 4.90 Å². The molecule has 2 saturated carbocycles. The lowest BCUT2D eigenvalue weighted by Crippen LogP contribution is -2.48. The first-order valence-corrected chi connectivity index (χ1v) is 13.5. The Morgan fingerprint density at radius 3 is 2.71 bits per heavy atom. The number of fused-ring (bicyclic) bond motifs is 2. The summed E-state index contributed by atoms with van der Waals surface area (Å²) in [7, 11) is 0. The van der Waals surface area contributed by atoms with Gasteiger partial charge in [0.05, 0.1) is 11.6 Å². The number of amides is 2. The van der Waals surface area contributed by atoms with Gasteiger partial charge in [-0.1, -0.05) is 37.0 Å². The minimum atomic E-state index is -0.157. The molecule has 0 aromatic heterocycles. The number of benzene rings is 1. The Kier molecular flexibility index (Phi) is 5.60. The van der Waals surface area contributed by atoms with Crippen molar-refractivity contribution in [2.45, 2.75) is 88.3 Å². The van der Waals surface area contributed by atoms with Gasteiger partial charge < -0.3 is 14.5 Å². The van der Waals surface area contributed by atoms with Crippen molar-refractivity contribution in [3.05, 3.63) is 29.8 Å². The predicted molar refractivity (Wildman–Crippen MR) is 135 cm³/mol. The third kappa shape index (κ3) is 3.49. The van der Waals surface area contributed by atoms with Gasteiger partial charge in [-0.05, 0) is 75.6 Å². The summed E-state index contributed by atoms with van der Waals surface area (Å²) in [5, 5.41) is 0. The number of hydrogen-bond acceptors (Lipinski definition) is 4. The zero-order valence-corrected chi connectivity index (χ0v) is 21.1. The zero-order valence-electron chi connectivity index (χ0n) is 21.1. The highest BCUT2D eigenvalue weighted by Crippen LogP contribution is 2.65. The van der Waals surface area contributed by atoms with E-state index in [0.29, 0.717) is 18.0 Å². The summed E-state index contributed by atoms with van der Waals surface area (Å²) in [5.74, 6) is 6.77. The van der Waals surface area contributed by atoms with E-state index in [9.17, 15) is 9.59 Å². The van der Waals surface area contributed by atoms with Crippen LogP contribution in [0.3, 0.4) is 0 Å². The van der Waals surface area contributed by atoms with Gasteiger partial charge in [-0.3, -0.25) is 9.69 Å². The minimum absolute atomic E-state index is 0.0408. The molecule has 4 atom stereocenters. The van der Waals surface area contributed by atoms with Crippen LogP contribution in [-0.4, -0.2) is 65.7 Å². The third-order valence-corrected chi connectivity index (χ3v) is 9.73. The molecule has 186 valence electrons. The largest absolute Gasteiger partial charge is 0.436 e. The van der Waals surface area contributed by atoms with Crippen LogP contribution in [0.15, 0.2) is 24.3 Å². The summed E-state index contributed by atoms with van der Waals surface area (Å²) in [6, 6.07) is 9.41. The molecule has 2 amide bonds. The first-order valence-electron chi connectivity index (χ1n) is 13.5. The molecule has 1 aromatic carbocycles. The summed E-state index contributed by atoms with van der Waals surface area (Å²) >= 11 is 0. The first kappa shape index (κ1) is 22.9. The highest BCUT2D eigenvalue weighted by molar-refractivity contribution is 5.94. The van der Waals surface area contributed by atoms with Crippen LogP contribution >= 0.6 is 0 Å². The predicted octanol–water partition coefficient (Wildman–Crippen LogP) is 4.32. The maximum atomic E-state index is 12.8. The summed E-state index contributed by atoms with van der Waals surface area (Å²) < 4.78 is 5.53. The number of anilines is 1. The minimum Gasteiger partial charge on any atom is -0.436 e. The summed E-state index contributed by atoms with van der Waals surface area (Å²) in [6.07, 6.45) is 8.54. The average molecular weight is 476 g/mol. The normalized spacial score (nSPS) is 32.0. The standard InChI is InChI=1S/C29H37N3O3/c1-3-4-5-8-17-35-27(34)32-26-12-11-22-18-23(19-29(22,26)32)30-15-13-28(14-16-30)20-31(21(2)33)25-10-7-6-9-24(25)28/h6-7,9-10,22-23,26H,3-4,11-20H2,1-2H3. The molecule has 2 spiro atoms. The average Bonchev–Trinajstić information content (AvgIpc) is 3.12. The Labute approximate surface area is 209 Å². The highest BCUT2D eigenvalue weighted by Gasteiger charge is 2.75. The van der Waals surface area contributed by atoms with Gasteiger partial charge in [-0.2, -0.15) is 0 Å². The van der Waals surface area contributed by atoms with Crippen LogP contribution in [0.2, 0.25) is 0 Å². The van der Waals surface area contributed by atoms with E-state index in [0.717, 1.165) is 63.8 Å². The molecule has 4 fully saturated rings. The molecule has 0 radical (unpaired) electrons. The van der Waals surface area contributed by atoms with E-state index in [-0.39, 0.29) is 29.6 Å². The van der Waals surface area contributed by atoms with Gasteiger partial charge >= 0.3 is 6.09 Å². The van der Waals surface area contributed by atoms with Crippen molar-refractivity contribution in [1.82, 2.24) is 9.80 Å². The van der Waals surface area contributed by atoms with Crippen molar-refractivity contribution in [3.8, 4) is 11.8 Å². The lowest BCUT2D eigenvalue weighted by atomic mass is 9.74. The number of nitrogens with zero attached hydrogens (tertiary/aromatic N) is 3. The molecular weight excluding hydrogens is 438 g/mol. The monoisotopic (exact) mass is 475 g/mol. The van der Waals surface area contributed by atoms with Crippen LogP contribution in [0.25, 0.3) is 0 Å². The van der Waals surface area contributed by atoms with E-state index in [4.69, 9.17) is 4.74 Å². The number of unbranched alkanes of at least 4 members (excludes halogenated alkanes) is 1. The van der Waals surface area contributed by atoms with Crippen molar-refractivity contribution < 1.29 is 14.3 Å². The quantitative estimate of drug-likeness (QED) is 0.483. The topological polar surface area (TPSA) is 52.9 Å². The van der Waals surface area contributed by atoms with Crippen LogP contribution in [0.1, 0.15) is 70.8 Å². The smallest absolute Gasteiger partial charge is 0.411 e. The van der Waals surface area contributed by atoms with E-state index in [1.54, 1.807) is 6.92 Å². The van der Waals surface area contributed by atoms with E-state index in [1.165, 1.54) is 18.4 Å². The SMILES string of the molecule is CCCC#CCOC(=O)N1C2CCC3CC(N4CCC5(CC4)CN(C(C)=O)c4ccccc45)CC321. The van der Waals surface area contributed by atoms with Gasteiger partial charge in [0.2, 0.25) is 5.91 Å². The second-order valence-electron chi connectivity index (χ2n) is 11.3. The highest BCUT2D eigenvalue weighted by atomic mass is 16.6. The van der Waals surface area contributed by atoms with E-state index >= 15 is 0 Å². The van der Waals surface area contributed by atoms with Crippen molar-refractivity contribution in [2.75, 3.05) is 31.1 Å². The number of carbonyl (C=O) groups is 2. The molecule has 0 N–H and O–H groups in total. The van der Waals surface area contributed by atoms with Crippen LogP contribution in [0.4, 0.5) is 10.5 Å². The third-order valence-electron chi connectivity index (χ3n) is 9.73. The fourth-order valence-electron chi connectivity index (χ4n) is 8.04. The van der Waals surface area contributed by atoms with Gasteiger partial charge in [-0.25, -0.2) is 4.79 Å². The second-order valence-corrected chi connectivity index (χ2v) is 11.3. The molecule has 4 unspecified atom stereocenters. The first-order chi connectivity index (χ1) is 17.0. The summed E-state index contributed by atoms with van der Waals surface area (Å²) in [5.41, 5.74) is 2.59. The van der Waals surface area contributed by atoms with Gasteiger partial charge in [0.25, 0.3) is 0 Å². The molecule has 6 rings (SSSR count). The fraction of sp³-hybridized carbons (Fsp3) is 0.655. The lowest BCUT2D eigenvalue weighted by molar-refractivity contribution is -0.116. The van der Waals surface area contributed by atoms with Crippen molar-refractivity contribution >= 4 is 17.7 Å². The van der Waals surface area contributed by atoms with E-state index in [1.807, 2.05) is 11.0 Å². The molecule has 3 heterocycles. The van der Waals surface area contributed by atoms with Crippen molar-refractivity contribution in [1.29, 1.82) is 0 Å². The molecule has 6 nitrogen and oxygen atoms in total. The maximum Gasteiger partial charge on any atom is 0.411 e. The summed E-state index contributed by atoms with van der Waals surface area (Å²) in [6.45, 7) is 6.94. The number of piperidine rings is 2. The van der Waals surface area contributed by atoms with Gasteiger partial charge in [0.1, 0.15) is 0 Å². The number of rotatable bonds is 3. The molecule has 2 saturated heterocycles. The molecule has 35 heavy (non-hydrogen) atoms. The zero-order chi connectivity index (χ0) is 24.2. The summed E-state index contributed by atoms with van der Waals surface area (Å²) in [4.78, 5) is 31.9. The number of carbonyl (C=O) groups excluding carboxylic acids is 2. The van der Waals surface area contributed by atoms with Crippen molar-refractivity contribution in [2.24, 2.45) is 5.92 Å².